The van der Waals surface area contributed by atoms with Crippen molar-refractivity contribution in [1.29, 1.82) is 0 Å². The maximum Gasteiger partial charge on any atom is 0.354 e. The van der Waals surface area contributed by atoms with Crippen molar-refractivity contribution in [1.82, 2.24) is 15.3 Å². The molecule has 1 amide bonds. The van der Waals surface area contributed by atoms with Gasteiger partial charge in [-0.25, -0.2) is 9.78 Å². The van der Waals surface area contributed by atoms with Crippen LogP contribution in [0.4, 0.5) is 5.13 Å². The molecule has 2 aromatic heterocycles. The molecule has 1 unspecified atom stereocenters. The Kier molecular flexibility index (Phi) is 5.54. The number of thiazole rings is 1. The fraction of sp³-hybridized carbons (Fsp3) is 0.400. The summed E-state index contributed by atoms with van der Waals surface area (Å²) in [6, 6.07) is 1.89. The van der Waals surface area contributed by atoms with Gasteiger partial charge in [0, 0.05) is 47.7 Å². The molecule has 7 nitrogen and oxygen atoms in total. The molecule has 128 valence electrons. The van der Waals surface area contributed by atoms with Gasteiger partial charge in [-0.3, -0.25) is 4.79 Å². The molecule has 24 heavy (non-hydrogen) atoms. The van der Waals surface area contributed by atoms with Gasteiger partial charge in [-0.2, -0.15) is 11.8 Å². The van der Waals surface area contributed by atoms with Gasteiger partial charge in [-0.05, 0) is 6.07 Å². The van der Waals surface area contributed by atoms with Gasteiger partial charge < -0.3 is 20.4 Å². The van der Waals surface area contributed by atoms with Gasteiger partial charge in [-0.1, -0.05) is 0 Å². The van der Waals surface area contributed by atoms with Crippen LogP contribution in [-0.4, -0.2) is 53.0 Å². The Morgan fingerprint density at radius 1 is 1.50 bits per heavy atom. The Hall–Kier alpha value is -1.84. The van der Waals surface area contributed by atoms with Crippen molar-refractivity contribution in [3.8, 4) is 11.3 Å². The maximum absolute atomic E-state index is 12.1. The Morgan fingerprint density at radius 3 is 3.12 bits per heavy atom. The van der Waals surface area contributed by atoms with E-state index in [1.165, 1.54) is 18.4 Å². The van der Waals surface area contributed by atoms with Gasteiger partial charge in [0.25, 0.3) is 0 Å². The normalized spacial score (nSPS) is 17.5. The van der Waals surface area contributed by atoms with Crippen LogP contribution in [0.5, 0.6) is 0 Å². The molecule has 1 aliphatic heterocycles. The molecule has 0 spiro atoms. The number of anilines is 1. The molecule has 2 aromatic rings. The van der Waals surface area contributed by atoms with Crippen molar-refractivity contribution in [3.05, 3.63) is 23.3 Å². The number of H-pyrrole nitrogens is 1. The molecule has 0 saturated carbocycles. The number of hydrogen-bond acceptors (Lipinski definition) is 7. The van der Waals surface area contributed by atoms with Crippen LogP contribution in [0.3, 0.4) is 0 Å². The minimum absolute atomic E-state index is 0.0415. The number of thioether (sulfide) groups is 1. The second-order valence-corrected chi connectivity index (χ2v) is 7.32. The zero-order valence-electron chi connectivity index (χ0n) is 13.1. The van der Waals surface area contributed by atoms with Crippen molar-refractivity contribution in [2.75, 3.05) is 30.5 Å². The fourth-order valence-electron chi connectivity index (χ4n) is 2.38. The van der Waals surface area contributed by atoms with Crippen LogP contribution in [0, 0.1) is 0 Å². The quantitative estimate of drug-likeness (QED) is 0.700. The third-order valence-electron chi connectivity index (χ3n) is 3.56. The fourth-order valence-corrected chi connectivity index (χ4v) is 4.06. The van der Waals surface area contributed by atoms with Crippen molar-refractivity contribution < 1.29 is 14.3 Å². The molecular formula is C15H18N4O3S2. The Bertz CT molecular complexity index is 722. The van der Waals surface area contributed by atoms with Gasteiger partial charge in [0.1, 0.15) is 5.69 Å². The van der Waals surface area contributed by atoms with E-state index in [1.54, 1.807) is 12.3 Å². The third-order valence-corrected chi connectivity index (χ3v) is 5.45. The number of methoxy groups -OCH3 is 1. The molecule has 1 aliphatic rings. The first-order valence-corrected chi connectivity index (χ1v) is 9.53. The number of hydrogen-bond donors (Lipinski definition) is 3. The zero-order valence-corrected chi connectivity index (χ0v) is 14.8. The van der Waals surface area contributed by atoms with E-state index in [-0.39, 0.29) is 11.9 Å². The molecule has 3 heterocycles. The molecular weight excluding hydrogens is 348 g/mol. The molecule has 0 aliphatic carbocycles. The number of esters is 1. The lowest BCUT2D eigenvalue weighted by Crippen LogP contribution is -2.39. The predicted molar refractivity (Wildman–Crippen MR) is 95.6 cm³/mol. The van der Waals surface area contributed by atoms with Crippen molar-refractivity contribution in [2.24, 2.45) is 0 Å². The molecule has 3 rings (SSSR count). The molecule has 1 saturated heterocycles. The monoisotopic (exact) mass is 366 g/mol. The van der Waals surface area contributed by atoms with Crippen LogP contribution in [0.1, 0.15) is 16.9 Å². The average Bonchev–Trinajstić information content (AvgIpc) is 3.24. The first kappa shape index (κ1) is 17.0. The van der Waals surface area contributed by atoms with Crippen LogP contribution < -0.4 is 10.6 Å². The van der Waals surface area contributed by atoms with Gasteiger partial charge in [-0.15, -0.1) is 11.3 Å². The molecule has 1 atom stereocenters. The number of aromatic amines is 1. The highest BCUT2D eigenvalue weighted by Crippen LogP contribution is 2.26. The second-order valence-electron chi connectivity index (χ2n) is 5.31. The van der Waals surface area contributed by atoms with E-state index in [0.29, 0.717) is 22.9 Å². The van der Waals surface area contributed by atoms with E-state index in [4.69, 9.17) is 0 Å². The van der Waals surface area contributed by atoms with Gasteiger partial charge >= 0.3 is 5.97 Å². The van der Waals surface area contributed by atoms with Crippen LogP contribution in [0.2, 0.25) is 0 Å². The van der Waals surface area contributed by atoms with E-state index < -0.39 is 5.97 Å². The lowest BCUT2D eigenvalue weighted by Gasteiger charge is -2.22. The number of carbonyl (C=O) groups is 2. The van der Waals surface area contributed by atoms with E-state index in [9.17, 15) is 9.59 Å². The first-order valence-electron chi connectivity index (χ1n) is 7.49. The number of ether oxygens (including phenoxy) is 1. The van der Waals surface area contributed by atoms with Gasteiger partial charge in [0.2, 0.25) is 5.91 Å². The summed E-state index contributed by atoms with van der Waals surface area (Å²) in [5, 5.41) is 8.57. The summed E-state index contributed by atoms with van der Waals surface area (Å²) >= 11 is 3.22. The lowest BCUT2D eigenvalue weighted by atomic mass is 10.2. The lowest BCUT2D eigenvalue weighted by molar-refractivity contribution is -0.116. The number of rotatable bonds is 5. The zero-order chi connectivity index (χ0) is 16.9. The topological polar surface area (TPSA) is 96.1 Å². The molecule has 0 bridgehead atoms. The second kappa shape index (κ2) is 7.82. The van der Waals surface area contributed by atoms with E-state index in [1.807, 2.05) is 17.1 Å². The van der Waals surface area contributed by atoms with Crippen LogP contribution in [0.15, 0.2) is 17.6 Å². The summed E-state index contributed by atoms with van der Waals surface area (Å²) in [6.45, 7) is 0.944. The molecule has 9 heteroatoms. The first-order chi connectivity index (χ1) is 11.7. The largest absolute Gasteiger partial charge is 0.464 e. The van der Waals surface area contributed by atoms with Crippen molar-refractivity contribution in [2.45, 2.75) is 12.5 Å². The van der Waals surface area contributed by atoms with Gasteiger partial charge in [0.15, 0.2) is 5.13 Å². The Balaban J connectivity index is 1.59. The number of carbonyl (C=O) groups excluding carboxylic acids is 2. The molecule has 3 N–H and O–H groups in total. The summed E-state index contributed by atoms with van der Waals surface area (Å²) in [7, 11) is 1.33. The van der Waals surface area contributed by atoms with Gasteiger partial charge in [0.05, 0.1) is 12.8 Å². The SMILES string of the molecule is COC(=O)c1cc(-c2csc(NC(=O)CC3CSCCN3)n2)c[nH]1. The molecule has 0 aromatic carbocycles. The molecule has 0 radical (unpaired) electrons. The Morgan fingerprint density at radius 2 is 2.38 bits per heavy atom. The van der Waals surface area contributed by atoms with Crippen LogP contribution in [0.25, 0.3) is 11.3 Å². The van der Waals surface area contributed by atoms with E-state index >= 15 is 0 Å². The smallest absolute Gasteiger partial charge is 0.354 e. The highest BCUT2D eigenvalue weighted by Gasteiger charge is 2.18. The minimum atomic E-state index is -0.428. The third kappa shape index (κ3) is 4.16. The van der Waals surface area contributed by atoms with E-state index in [2.05, 4.69) is 25.3 Å². The predicted octanol–water partition coefficient (Wildman–Crippen LogP) is 1.96. The standard InChI is InChI=1S/C15H18N4O3S2/c1-22-14(21)11-4-9(6-17-11)12-8-24-15(18-12)19-13(20)5-10-7-23-3-2-16-10/h4,6,8,10,16-17H,2-3,5,7H2,1H3,(H,18,19,20). The maximum atomic E-state index is 12.1. The number of amides is 1. The Labute approximate surface area is 147 Å². The minimum Gasteiger partial charge on any atom is -0.464 e. The summed E-state index contributed by atoms with van der Waals surface area (Å²) in [6.07, 6.45) is 2.13. The molecule has 1 fully saturated rings. The van der Waals surface area contributed by atoms with Crippen LogP contribution in [-0.2, 0) is 9.53 Å². The highest BCUT2D eigenvalue weighted by molar-refractivity contribution is 7.99. The summed E-state index contributed by atoms with van der Waals surface area (Å²) in [5.41, 5.74) is 1.84. The highest BCUT2D eigenvalue weighted by atomic mass is 32.2. The summed E-state index contributed by atoms with van der Waals surface area (Å²) < 4.78 is 4.66. The van der Waals surface area contributed by atoms with Crippen molar-refractivity contribution in [3.63, 3.8) is 0 Å². The summed E-state index contributed by atoms with van der Waals surface area (Å²) in [5.74, 6) is 1.58. The average molecular weight is 366 g/mol. The van der Waals surface area contributed by atoms with Crippen molar-refractivity contribution >= 4 is 40.1 Å². The van der Waals surface area contributed by atoms with E-state index in [0.717, 1.165) is 23.6 Å². The summed E-state index contributed by atoms with van der Waals surface area (Å²) in [4.78, 5) is 30.8. The number of nitrogens with zero attached hydrogens (tertiary/aromatic N) is 1. The number of aromatic nitrogens is 2. The number of nitrogens with one attached hydrogen (secondary N) is 3. The van der Waals surface area contributed by atoms with Crippen LogP contribution >= 0.6 is 23.1 Å².